The Morgan fingerprint density at radius 1 is 1.45 bits per heavy atom. The number of aromatic hydroxyl groups is 1. The molecule has 3 N–H and O–H groups in total. The number of rotatable bonds is 8. The Labute approximate surface area is 126 Å². The standard InChI is InChI=1S/C15H24N2O2S/c1-4-6-9-17(3)14(15(16)20)11-7-8-12(18)13(10-11)19-5-2/h7-8,10,14,18H,4-6,9H2,1-3H3,(H2,16,20). The van der Waals surface area contributed by atoms with Crippen LogP contribution in [0.4, 0.5) is 0 Å². The number of phenols is 1. The molecule has 0 aliphatic rings. The van der Waals surface area contributed by atoms with E-state index in [0.29, 0.717) is 17.3 Å². The van der Waals surface area contributed by atoms with Crippen molar-refractivity contribution < 1.29 is 9.84 Å². The topological polar surface area (TPSA) is 58.7 Å². The molecule has 0 aromatic heterocycles. The molecule has 0 saturated carbocycles. The summed E-state index contributed by atoms with van der Waals surface area (Å²) >= 11 is 5.20. The van der Waals surface area contributed by atoms with E-state index in [-0.39, 0.29) is 11.8 Å². The van der Waals surface area contributed by atoms with Gasteiger partial charge in [-0.2, -0.15) is 0 Å². The normalized spacial score (nSPS) is 12.4. The van der Waals surface area contributed by atoms with Gasteiger partial charge in [0.25, 0.3) is 0 Å². The minimum absolute atomic E-state index is 0.133. The summed E-state index contributed by atoms with van der Waals surface area (Å²) < 4.78 is 5.42. The molecular weight excluding hydrogens is 272 g/mol. The molecule has 0 radical (unpaired) electrons. The summed E-state index contributed by atoms with van der Waals surface area (Å²) in [5, 5.41) is 9.76. The number of hydrogen-bond donors (Lipinski definition) is 2. The second kappa shape index (κ2) is 8.07. The molecule has 0 saturated heterocycles. The molecular formula is C15H24N2O2S. The van der Waals surface area contributed by atoms with Crippen molar-refractivity contribution in [1.29, 1.82) is 0 Å². The molecule has 4 nitrogen and oxygen atoms in total. The molecule has 0 fully saturated rings. The first-order valence-corrected chi connectivity index (χ1v) is 7.37. The highest BCUT2D eigenvalue weighted by molar-refractivity contribution is 7.80. The summed E-state index contributed by atoms with van der Waals surface area (Å²) in [7, 11) is 2.01. The monoisotopic (exact) mass is 296 g/mol. The maximum absolute atomic E-state index is 9.76. The summed E-state index contributed by atoms with van der Waals surface area (Å²) in [6.45, 7) is 5.45. The van der Waals surface area contributed by atoms with Crippen LogP contribution in [-0.2, 0) is 0 Å². The zero-order valence-corrected chi connectivity index (χ0v) is 13.2. The van der Waals surface area contributed by atoms with Gasteiger partial charge in [-0.25, -0.2) is 0 Å². The number of unbranched alkanes of at least 4 members (excludes halogenated alkanes) is 1. The molecule has 0 aliphatic carbocycles. The third-order valence-corrected chi connectivity index (χ3v) is 3.40. The molecule has 0 bridgehead atoms. The Morgan fingerprint density at radius 2 is 2.15 bits per heavy atom. The molecule has 1 rings (SSSR count). The molecule has 1 aromatic carbocycles. The van der Waals surface area contributed by atoms with E-state index in [2.05, 4.69) is 11.8 Å². The highest BCUT2D eigenvalue weighted by atomic mass is 32.1. The van der Waals surface area contributed by atoms with E-state index in [9.17, 15) is 5.11 Å². The molecule has 112 valence electrons. The Morgan fingerprint density at radius 3 is 2.70 bits per heavy atom. The number of hydrogen-bond acceptors (Lipinski definition) is 4. The average molecular weight is 296 g/mol. The Balaban J connectivity index is 3.02. The van der Waals surface area contributed by atoms with Gasteiger partial charge in [-0.1, -0.05) is 31.6 Å². The third kappa shape index (κ3) is 4.35. The molecule has 1 atom stereocenters. The van der Waals surface area contributed by atoms with Gasteiger partial charge in [-0.15, -0.1) is 0 Å². The Bertz CT molecular complexity index is 451. The van der Waals surface area contributed by atoms with E-state index in [1.165, 1.54) is 0 Å². The van der Waals surface area contributed by atoms with Crippen LogP contribution in [0.1, 0.15) is 38.3 Å². The van der Waals surface area contributed by atoms with Crippen molar-refractivity contribution in [3.05, 3.63) is 23.8 Å². The molecule has 0 aliphatic heterocycles. The maximum atomic E-state index is 9.76. The van der Waals surface area contributed by atoms with Crippen molar-refractivity contribution >= 4 is 17.2 Å². The first kappa shape index (κ1) is 16.7. The first-order valence-electron chi connectivity index (χ1n) is 6.96. The maximum Gasteiger partial charge on any atom is 0.161 e. The average Bonchev–Trinajstić information content (AvgIpc) is 2.40. The summed E-state index contributed by atoms with van der Waals surface area (Å²) in [4.78, 5) is 2.56. The highest BCUT2D eigenvalue weighted by Gasteiger charge is 2.21. The fourth-order valence-corrected chi connectivity index (χ4v) is 2.46. The lowest BCUT2D eigenvalue weighted by atomic mass is 10.0. The predicted octanol–water partition coefficient (Wildman–Crippen LogP) is 2.85. The minimum atomic E-state index is -0.142. The van der Waals surface area contributed by atoms with Crippen LogP contribution < -0.4 is 10.5 Å². The lowest BCUT2D eigenvalue weighted by molar-refractivity contribution is 0.292. The molecule has 5 heteroatoms. The Kier molecular flexibility index (Phi) is 6.75. The van der Waals surface area contributed by atoms with Gasteiger partial charge in [0.2, 0.25) is 0 Å². The number of nitrogens with two attached hydrogens (primary N) is 1. The lowest BCUT2D eigenvalue weighted by Gasteiger charge is -2.27. The molecule has 1 unspecified atom stereocenters. The Hall–Kier alpha value is -1.33. The van der Waals surface area contributed by atoms with Crippen molar-refractivity contribution in [3.8, 4) is 11.5 Å². The van der Waals surface area contributed by atoms with Crippen molar-refractivity contribution in [1.82, 2.24) is 4.90 Å². The van der Waals surface area contributed by atoms with Crippen LogP contribution in [0.15, 0.2) is 18.2 Å². The summed E-state index contributed by atoms with van der Waals surface area (Å²) in [5.41, 5.74) is 6.83. The van der Waals surface area contributed by atoms with E-state index < -0.39 is 0 Å². The van der Waals surface area contributed by atoms with Gasteiger partial charge in [0, 0.05) is 0 Å². The van der Waals surface area contributed by atoms with Crippen LogP contribution >= 0.6 is 12.2 Å². The number of nitrogens with zero attached hydrogens (tertiary/aromatic N) is 1. The van der Waals surface area contributed by atoms with Crippen LogP contribution in [0.25, 0.3) is 0 Å². The van der Waals surface area contributed by atoms with Gasteiger partial charge in [0.1, 0.15) is 0 Å². The third-order valence-electron chi connectivity index (χ3n) is 3.17. The van der Waals surface area contributed by atoms with E-state index in [4.69, 9.17) is 22.7 Å². The predicted molar refractivity (Wildman–Crippen MR) is 86.3 cm³/mol. The van der Waals surface area contributed by atoms with Crippen LogP contribution in [0.5, 0.6) is 11.5 Å². The van der Waals surface area contributed by atoms with E-state index in [1.807, 2.05) is 26.1 Å². The summed E-state index contributed by atoms with van der Waals surface area (Å²) in [6, 6.07) is 5.13. The number of likely N-dealkylation sites (N-methyl/N-ethyl adjacent to an activating group) is 1. The summed E-state index contributed by atoms with van der Waals surface area (Å²) in [6.07, 6.45) is 2.21. The van der Waals surface area contributed by atoms with E-state index >= 15 is 0 Å². The van der Waals surface area contributed by atoms with Gasteiger partial charge in [0.05, 0.1) is 17.6 Å². The second-order valence-corrected chi connectivity index (χ2v) is 5.27. The van der Waals surface area contributed by atoms with E-state index in [0.717, 1.165) is 24.9 Å². The quantitative estimate of drug-likeness (QED) is 0.722. The van der Waals surface area contributed by atoms with Crippen molar-refractivity contribution in [2.45, 2.75) is 32.7 Å². The van der Waals surface area contributed by atoms with Crippen LogP contribution in [0, 0.1) is 0 Å². The van der Waals surface area contributed by atoms with Crippen molar-refractivity contribution in [2.24, 2.45) is 5.73 Å². The highest BCUT2D eigenvalue weighted by Crippen LogP contribution is 2.31. The number of benzene rings is 1. The van der Waals surface area contributed by atoms with Gasteiger partial charge in [0.15, 0.2) is 11.5 Å². The largest absolute Gasteiger partial charge is 0.504 e. The second-order valence-electron chi connectivity index (χ2n) is 4.80. The van der Waals surface area contributed by atoms with Crippen LogP contribution in [-0.4, -0.2) is 35.2 Å². The van der Waals surface area contributed by atoms with Crippen molar-refractivity contribution in [2.75, 3.05) is 20.2 Å². The SMILES string of the molecule is CCCCN(C)C(C(N)=S)c1ccc(O)c(OCC)c1. The molecule has 0 amide bonds. The van der Waals surface area contributed by atoms with E-state index in [1.54, 1.807) is 6.07 Å². The van der Waals surface area contributed by atoms with Gasteiger partial charge in [-0.3, -0.25) is 4.90 Å². The van der Waals surface area contributed by atoms with Gasteiger partial charge < -0.3 is 15.6 Å². The first-order chi connectivity index (χ1) is 9.51. The lowest BCUT2D eigenvalue weighted by Crippen LogP contribution is -2.34. The molecule has 0 heterocycles. The number of phenolic OH excluding ortho intramolecular Hbond substituents is 1. The van der Waals surface area contributed by atoms with Crippen LogP contribution in [0.2, 0.25) is 0 Å². The fraction of sp³-hybridized carbons (Fsp3) is 0.533. The van der Waals surface area contributed by atoms with Gasteiger partial charge in [-0.05, 0) is 44.6 Å². The fourth-order valence-electron chi connectivity index (χ4n) is 2.14. The molecule has 20 heavy (non-hydrogen) atoms. The number of thiocarbonyl (C=S) groups is 1. The zero-order valence-electron chi connectivity index (χ0n) is 12.4. The minimum Gasteiger partial charge on any atom is -0.504 e. The molecule has 1 aromatic rings. The zero-order chi connectivity index (χ0) is 15.1. The molecule has 0 spiro atoms. The smallest absolute Gasteiger partial charge is 0.161 e. The van der Waals surface area contributed by atoms with Gasteiger partial charge >= 0.3 is 0 Å². The summed E-state index contributed by atoms with van der Waals surface area (Å²) in [5.74, 6) is 0.601. The van der Waals surface area contributed by atoms with Crippen molar-refractivity contribution in [3.63, 3.8) is 0 Å². The number of ether oxygens (including phenoxy) is 1. The van der Waals surface area contributed by atoms with Crippen LogP contribution in [0.3, 0.4) is 0 Å².